The van der Waals surface area contributed by atoms with E-state index in [1.54, 1.807) is 18.2 Å². The number of rotatable bonds is 4. The maximum atomic E-state index is 12.6. The summed E-state index contributed by atoms with van der Waals surface area (Å²) in [5.74, 6) is 1.33. The summed E-state index contributed by atoms with van der Waals surface area (Å²) in [6, 6.07) is 1.84. The molecule has 1 atom stereocenters. The van der Waals surface area contributed by atoms with Gasteiger partial charge in [-0.25, -0.2) is 4.79 Å². The highest BCUT2D eigenvalue weighted by atomic mass is 16.3. The van der Waals surface area contributed by atoms with Gasteiger partial charge in [0, 0.05) is 37.7 Å². The number of aryl methyl sites for hydroxylation is 1. The van der Waals surface area contributed by atoms with E-state index in [2.05, 4.69) is 5.32 Å². The standard InChI is InChI=1S/C19H29N3O3/c1-14-16(9-11-25-14)12-21(2)19(24)20-17-8-10-22(13-17)18(23)15-6-4-3-5-7-15/h9,11,15,17H,3-8,10,12-13H2,1-2H3,(H,20,24)/t17-/m0/s1. The largest absolute Gasteiger partial charge is 0.469 e. The Morgan fingerprint density at radius 2 is 2.04 bits per heavy atom. The van der Waals surface area contributed by atoms with Gasteiger partial charge in [0.2, 0.25) is 5.91 Å². The summed E-state index contributed by atoms with van der Waals surface area (Å²) in [4.78, 5) is 28.6. The molecule has 0 spiro atoms. The van der Waals surface area contributed by atoms with Crippen molar-refractivity contribution in [2.24, 2.45) is 5.92 Å². The number of hydrogen-bond acceptors (Lipinski definition) is 3. The highest BCUT2D eigenvalue weighted by molar-refractivity contribution is 5.79. The molecule has 2 heterocycles. The Hall–Kier alpha value is -1.98. The van der Waals surface area contributed by atoms with Crippen molar-refractivity contribution in [2.45, 2.75) is 58.0 Å². The lowest BCUT2D eigenvalue weighted by atomic mass is 9.88. The third kappa shape index (κ3) is 4.35. The molecule has 1 saturated carbocycles. The zero-order valence-electron chi connectivity index (χ0n) is 15.3. The van der Waals surface area contributed by atoms with Crippen molar-refractivity contribution in [3.8, 4) is 0 Å². The van der Waals surface area contributed by atoms with Crippen LogP contribution in [0.5, 0.6) is 0 Å². The molecule has 1 N–H and O–H groups in total. The molecule has 1 aliphatic heterocycles. The number of amides is 3. The topological polar surface area (TPSA) is 65.8 Å². The molecule has 2 aliphatic rings. The van der Waals surface area contributed by atoms with E-state index in [4.69, 9.17) is 4.42 Å². The van der Waals surface area contributed by atoms with Crippen LogP contribution in [-0.4, -0.2) is 47.9 Å². The monoisotopic (exact) mass is 347 g/mol. The van der Waals surface area contributed by atoms with E-state index in [9.17, 15) is 9.59 Å². The second-order valence-electron chi connectivity index (χ2n) is 7.41. The fourth-order valence-electron chi connectivity index (χ4n) is 3.87. The maximum Gasteiger partial charge on any atom is 0.317 e. The zero-order chi connectivity index (χ0) is 17.8. The summed E-state index contributed by atoms with van der Waals surface area (Å²) in [5.41, 5.74) is 1.01. The van der Waals surface area contributed by atoms with Crippen molar-refractivity contribution in [1.82, 2.24) is 15.1 Å². The summed E-state index contributed by atoms with van der Waals surface area (Å²) < 4.78 is 5.27. The van der Waals surface area contributed by atoms with E-state index in [1.807, 2.05) is 17.9 Å². The van der Waals surface area contributed by atoms with Gasteiger partial charge in [0.1, 0.15) is 5.76 Å². The number of carbonyl (C=O) groups excluding carboxylic acids is 2. The van der Waals surface area contributed by atoms with E-state index < -0.39 is 0 Å². The molecule has 3 rings (SSSR count). The van der Waals surface area contributed by atoms with Crippen molar-refractivity contribution in [3.63, 3.8) is 0 Å². The van der Waals surface area contributed by atoms with E-state index >= 15 is 0 Å². The van der Waals surface area contributed by atoms with Crippen LogP contribution in [0.1, 0.15) is 49.8 Å². The molecule has 6 nitrogen and oxygen atoms in total. The molecule has 0 unspecified atom stereocenters. The van der Waals surface area contributed by atoms with Gasteiger partial charge in [-0.1, -0.05) is 19.3 Å². The second kappa shape index (κ2) is 7.93. The highest BCUT2D eigenvalue weighted by Crippen LogP contribution is 2.26. The van der Waals surface area contributed by atoms with Crippen LogP contribution in [0, 0.1) is 12.8 Å². The van der Waals surface area contributed by atoms with Gasteiger partial charge < -0.3 is 19.5 Å². The molecule has 1 aromatic heterocycles. The van der Waals surface area contributed by atoms with Crippen LogP contribution in [-0.2, 0) is 11.3 Å². The Kier molecular flexibility index (Phi) is 5.66. The van der Waals surface area contributed by atoms with E-state index in [1.165, 1.54) is 19.3 Å². The van der Waals surface area contributed by atoms with E-state index in [0.717, 1.165) is 37.1 Å². The molecule has 1 saturated heterocycles. The van der Waals surface area contributed by atoms with Crippen LogP contribution < -0.4 is 5.32 Å². The Labute approximate surface area is 149 Å². The SMILES string of the molecule is Cc1occc1CN(C)C(=O)N[C@H]1CCN(C(=O)C2CCCCC2)C1. The van der Waals surface area contributed by atoms with Crippen LogP contribution >= 0.6 is 0 Å². The van der Waals surface area contributed by atoms with Gasteiger partial charge in [-0.05, 0) is 32.3 Å². The molecular formula is C19H29N3O3. The normalized spacial score (nSPS) is 21.4. The minimum absolute atomic E-state index is 0.0490. The first kappa shape index (κ1) is 17.8. The molecular weight excluding hydrogens is 318 g/mol. The fourth-order valence-corrected chi connectivity index (χ4v) is 3.87. The highest BCUT2D eigenvalue weighted by Gasteiger charge is 2.32. The first-order chi connectivity index (χ1) is 12.0. The molecule has 0 bridgehead atoms. The molecule has 0 aromatic carbocycles. The predicted octanol–water partition coefficient (Wildman–Crippen LogP) is 2.91. The Bertz CT molecular complexity index is 607. The number of nitrogens with zero attached hydrogens (tertiary/aromatic N) is 2. The van der Waals surface area contributed by atoms with Gasteiger partial charge in [0.05, 0.1) is 12.8 Å². The minimum Gasteiger partial charge on any atom is -0.469 e. The number of likely N-dealkylation sites (tertiary alicyclic amines) is 1. The first-order valence-corrected chi connectivity index (χ1v) is 9.38. The maximum absolute atomic E-state index is 12.6. The second-order valence-corrected chi connectivity index (χ2v) is 7.41. The summed E-state index contributed by atoms with van der Waals surface area (Å²) >= 11 is 0. The zero-order valence-corrected chi connectivity index (χ0v) is 15.3. The summed E-state index contributed by atoms with van der Waals surface area (Å²) in [6.07, 6.45) is 8.12. The number of furan rings is 1. The van der Waals surface area contributed by atoms with Crippen LogP contribution in [0.3, 0.4) is 0 Å². The lowest BCUT2D eigenvalue weighted by Gasteiger charge is -2.26. The molecule has 0 radical (unpaired) electrons. The molecule has 2 fully saturated rings. The van der Waals surface area contributed by atoms with Gasteiger partial charge in [0.15, 0.2) is 0 Å². The van der Waals surface area contributed by atoms with Crippen molar-refractivity contribution >= 4 is 11.9 Å². The lowest BCUT2D eigenvalue weighted by Crippen LogP contribution is -2.45. The van der Waals surface area contributed by atoms with Gasteiger partial charge in [-0.3, -0.25) is 4.79 Å². The number of carbonyl (C=O) groups is 2. The number of urea groups is 1. The summed E-state index contributed by atoms with van der Waals surface area (Å²) in [7, 11) is 1.78. The predicted molar refractivity (Wildman–Crippen MR) is 95.0 cm³/mol. The van der Waals surface area contributed by atoms with Gasteiger partial charge in [0.25, 0.3) is 0 Å². The van der Waals surface area contributed by atoms with Gasteiger partial charge in [-0.2, -0.15) is 0 Å². The average Bonchev–Trinajstić information content (AvgIpc) is 3.24. The van der Waals surface area contributed by atoms with Crippen molar-refractivity contribution in [1.29, 1.82) is 0 Å². The van der Waals surface area contributed by atoms with E-state index in [0.29, 0.717) is 19.0 Å². The lowest BCUT2D eigenvalue weighted by molar-refractivity contribution is -0.135. The third-order valence-corrected chi connectivity index (χ3v) is 5.50. The van der Waals surface area contributed by atoms with Crippen molar-refractivity contribution in [3.05, 3.63) is 23.7 Å². The molecule has 1 aliphatic carbocycles. The van der Waals surface area contributed by atoms with Crippen molar-refractivity contribution in [2.75, 3.05) is 20.1 Å². The van der Waals surface area contributed by atoms with Crippen LogP contribution in [0.4, 0.5) is 4.79 Å². The summed E-state index contributed by atoms with van der Waals surface area (Å²) in [5, 5.41) is 3.06. The van der Waals surface area contributed by atoms with Gasteiger partial charge >= 0.3 is 6.03 Å². The molecule has 3 amide bonds. The van der Waals surface area contributed by atoms with Crippen LogP contribution in [0.25, 0.3) is 0 Å². The fraction of sp³-hybridized carbons (Fsp3) is 0.684. The first-order valence-electron chi connectivity index (χ1n) is 9.38. The van der Waals surface area contributed by atoms with Crippen LogP contribution in [0.2, 0.25) is 0 Å². The number of nitrogens with one attached hydrogen (secondary N) is 1. The van der Waals surface area contributed by atoms with Crippen LogP contribution in [0.15, 0.2) is 16.7 Å². The Morgan fingerprint density at radius 3 is 2.72 bits per heavy atom. The molecule has 6 heteroatoms. The van der Waals surface area contributed by atoms with Gasteiger partial charge in [-0.15, -0.1) is 0 Å². The summed E-state index contributed by atoms with van der Waals surface area (Å²) in [6.45, 7) is 3.81. The average molecular weight is 347 g/mol. The molecule has 25 heavy (non-hydrogen) atoms. The Morgan fingerprint density at radius 1 is 1.28 bits per heavy atom. The van der Waals surface area contributed by atoms with E-state index in [-0.39, 0.29) is 18.0 Å². The minimum atomic E-state index is -0.0995. The molecule has 138 valence electrons. The smallest absolute Gasteiger partial charge is 0.317 e. The van der Waals surface area contributed by atoms with Crippen molar-refractivity contribution < 1.29 is 14.0 Å². The quantitative estimate of drug-likeness (QED) is 0.911. The third-order valence-electron chi connectivity index (χ3n) is 5.50. The Balaban J connectivity index is 1.46. The molecule has 1 aromatic rings. The number of hydrogen-bond donors (Lipinski definition) is 1.